The molecule has 0 fully saturated rings. The summed E-state index contributed by atoms with van der Waals surface area (Å²) >= 11 is 0. The van der Waals surface area contributed by atoms with E-state index in [0.717, 1.165) is 11.3 Å². The van der Waals surface area contributed by atoms with Crippen molar-refractivity contribution < 1.29 is 14.4 Å². The zero-order valence-electron chi connectivity index (χ0n) is 12.0. The number of ether oxygens (including phenoxy) is 2. The molecule has 0 atom stereocenters. The van der Waals surface area contributed by atoms with Gasteiger partial charge in [-0.1, -0.05) is 12.1 Å². The van der Waals surface area contributed by atoms with E-state index in [0.29, 0.717) is 25.6 Å². The maximum Gasteiger partial charge on any atom is 0.342 e. The Bertz CT molecular complexity index is 624. The smallest absolute Gasteiger partial charge is 0.342 e. The second kappa shape index (κ2) is 6.85. The molecule has 0 N–H and O–H groups in total. The Kier molecular flexibility index (Phi) is 4.89. The molecule has 0 aliphatic carbocycles. The SMILES string of the molecule is COc1cccc(COCCn2c([N+](=O)[O-])cnc2C)c1. The van der Waals surface area contributed by atoms with Crippen LogP contribution in [-0.2, 0) is 17.9 Å². The summed E-state index contributed by atoms with van der Waals surface area (Å²) in [6.07, 6.45) is 1.26. The highest BCUT2D eigenvalue weighted by Crippen LogP contribution is 2.15. The van der Waals surface area contributed by atoms with Crippen molar-refractivity contribution in [3.63, 3.8) is 0 Å². The average Bonchev–Trinajstić information content (AvgIpc) is 2.85. The fourth-order valence-electron chi connectivity index (χ4n) is 1.99. The highest BCUT2D eigenvalue weighted by molar-refractivity contribution is 5.27. The average molecular weight is 291 g/mol. The summed E-state index contributed by atoms with van der Waals surface area (Å²) in [5, 5.41) is 10.8. The number of rotatable bonds is 7. The standard InChI is InChI=1S/C14H17N3O4/c1-11-15-9-14(17(18)19)16(11)6-7-21-10-12-4-3-5-13(8-12)20-2/h3-5,8-9H,6-7,10H2,1-2H3. The van der Waals surface area contributed by atoms with Crippen LogP contribution in [0, 0.1) is 17.0 Å². The number of imidazole rings is 1. The van der Waals surface area contributed by atoms with Gasteiger partial charge in [0.25, 0.3) is 0 Å². The van der Waals surface area contributed by atoms with Crippen molar-refractivity contribution in [1.29, 1.82) is 0 Å². The van der Waals surface area contributed by atoms with Crippen LogP contribution in [0.3, 0.4) is 0 Å². The van der Waals surface area contributed by atoms with E-state index in [1.807, 2.05) is 24.3 Å². The van der Waals surface area contributed by atoms with Crippen molar-refractivity contribution in [3.05, 3.63) is 52.0 Å². The molecule has 0 bridgehead atoms. The van der Waals surface area contributed by atoms with E-state index in [9.17, 15) is 10.1 Å². The maximum absolute atomic E-state index is 10.8. The molecule has 2 rings (SSSR count). The lowest BCUT2D eigenvalue weighted by Crippen LogP contribution is -2.10. The van der Waals surface area contributed by atoms with Gasteiger partial charge in [-0.3, -0.25) is 0 Å². The van der Waals surface area contributed by atoms with Crippen LogP contribution < -0.4 is 4.74 Å². The topological polar surface area (TPSA) is 79.4 Å². The van der Waals surface area contributed by atoms with Gasteiger partial charge < -0.3 is 19.6 Å². The lowest BCUT2D eigenvalue weighted by molar-refractivity contribution is -0.392. The van der Waals surface area contributed by atoms with E-state index in [4.69, 9.17) is 9.47 Å². The fourth-order valence-corrected chi connectivity index (χ4v) is 1.99. The molecule has 1 aromatic heterocycles. The van der Waals surface area contributed by atoms with E-state index in [1.165, 1.54) is 10.8 Å². The molecule has 1 heterocycles. The zero-order valence-corrected chi connectivity index (χ0v) is 12.0. The van der Waals surface area contributed by atoms with E-state index >= 15 is 0 Å². The zero-order chi connectivity index (χ0) is 15.2. The number of methoxy groups -OCH3 is 1. The second-order valence-corrected chi connectivity index (χ2v) is 4.48. The van der Waals surface area contributed by atoms with E-state index < -0.39 is 4.92 Å². The van der Waals surface area contributed by atoms with Gasteiger partial charge in [0.05, 0.1) is 20.3 Å². The first-order chi connectivity index (χ1) is 10.1. The minimum atomic E-state index is -0.442. The van der Waals surface area contributed by atoms with Crippen molar-refractivity contribution in [2.75, 3.05) is 13.7 Å². The monoisotopic (exact) mass is 291 g/mol. The summed E-state index contributed by atoms with van der Waals surface area (Å²) < 4.78 is 12.2. The van der Waals surface area contributed by atoms with Crippen LogP contribution >= 0.6 is 0 Å². The third-order valence-corrected chi connectivity index (χ3v) is 3.08. The quantitative estimate of drug-likeness (QED) is 0.444. The Morgan fingerprint density at radius 3 is 2.95 bits per heavy atom. The Balaban J connectivity index is 1.87. The van der Waals surface area contributed by atoms with Gasteiger partial charge in [-0.15, -0.1) is 0 Å². The lowest BCUT2D eigenvalue weighted by atomic mass is 10.2. The molecule has 7 heteroatoms. The van der Waals surface area contributed by atoms with Crippen LogP contribution in [0.25, 0.3) is 0 Å². The molecule has 0 radical (unpaired) electrons. The van der Waals surface area contributed by atoms with Crippen LogP contribution in [0.2, 0.25) is 0 Å². The molecule has 0 saturated carbocycles. The molecular weight excluding hydrogens is 274 g/mol. The van der Waals surface area contributed by atoms with Gasteiger partial charge in [0, 0.05) is 6.92 Å². The third kappa shape index (κ3) is 3.79. The fraction of sp³-hybridized carbons (Fsp3) is 0.357. The molecule has 21 heavy (non-hydrogen) atoms. The molecule has 0 aliphatic rings. The molecule has 0 saturated heterocycles. The highest BCUT2D eigenvalue weighted by atomic mass is 16.6. The molecular formula is C14H17N3O4. The van der Waals surface area contributed by atoms with E-state index in [2.05, 4.69) is 4.98 Å². The van der Waals surface area contributed by atoms with Crippen molar-refractivity contribution in [3.8, 4) is 5.75 Å². The largest absolute Gasteiger partial charge is 0.497 e. The van der Waals surface area contributed by atoms with Gasteiger partial charge in [-0.25, -0.2) is 9.55 Å². The van der Waals surface area contributed by atoms with Crippen molar-refractivity contribution in [2.45, 2.75) is 20.1 Å². The normalized spacial score (nSPS) is 10.6. The van der Waals surface area contributed by atoms with Gasteiger partial charge in [0.15, 0.2) is 5.82 Å². The number of aromatic nitrogens is 2. The first kappa shape index (κ1) is 15.0. The predicted octanol–water partition coefficient (Wildman–Crippen LogP) is 2.33. The summed E-state index contributed by atoms with van der Waals surface area (Å²) in [4.78, 5) is 14.4. The van der Waals surface area contributed by atoms with Gasteiger partial charge >= 0.3 is 5.82 Å². The van der Waals surface area contributed by atoms with E-state index in [-0.39, 0.29) is 5.82 Å². The molecule has 0 amide bonds. The highest BCUT2D eigenvalue weighted by Gasteiger charge is 2.16. The first-order valence-electron chi connectivity index (χ1n) is 6.49. The Hall–Kier alpha value is -2.41. The molecule has 0 unspecified atom stereocenters. The van der Waals surface area contributed by atoms with Crippen molar-refractivity contribution in [2.24, 2.45) is 0 Å². The number of hydrogen-bond acceptors (Lipinski definition) is 5. The van der Waals surface area contributed by atoms with Crippen LogP contribution in [-0.4, -0.2) is 28.2 Å². The van der Waals surface area contributed by atoms with Crippen LogP contribution in [0.15, 0.2) is 30.5 Å². The maximum atomic E-state index is 10.8. The van der Waals surface area contributed by atoms with Gasteiger partial charge in [0.1, 0.15) is 18.5 Å². The van der Waals surface area contributed by atoms with Crippen molar-refractivity contribution >= 4 is 5.82 Å². The minimum Gasteiger partial charge on any atom is -0.497 e. The summed E-state index contributed by atoms with van der Waals surface area (Å²) in [6, 6.07) is 7.59. The summed E-state index contributed by atoms with van der Waals surface area (Å²) in [5.41, 5.74) is 0.992. The Morgan fingerprint density at radius 2 is 2.24 bits per heavy atom. The number of nitrogens with zero attached hydrogens (tertiary/aromatic N) is 3. The van der Waals surface area contributed by atoms with E-state index in [1.54, 1.807) is 14.0 Å². The van der Waals surface area contributed by atoms with Gasteiger partial charge in [-0.2, -0.15) is 0 Å². The Labute approximate surface area is 122 Å². The van der Waals surface area contributed by atoms with Crippen LogP contribution in [0.1, 0.15) is 11.4 Å². The second-order valence-electron chi connectivity index (χ2n) is 4.48. The molecule has 112 valence electrons. The summed E-state index contributed by atoms with van der Waals surface area (Å²) in [6.45, 7) is 2.93. The van der Waals surface area contributed by atoms with Crippen LogP contribution in [0.5, 0.6) is 5.75 Å². The summed E-state index contributed by atoms with van der Waals surface area (Å²) in [5.74, 6) is 1.36. The number of hydrogen-bond donors (Lipinski definition) is 0. The number of nitro groups is 1. The third-order valence-electron chi connectivity index (χ3n) is 3.08. The molecule has 2 aromatic rings. The minimum absolute atomic E-state index is 0.0162. The molecule has 1 aromatic carbocycles. The van der Waals surface area contributed by atoms with Crippen LogP contribution in [0.4, 0.5) is 5.82 Å². The molecule has 0 aliphatic heterocycles. The Morgan fingerprint density at radius 1 is 1.43 bits per heavy atom. The van der Waals surface area contributed by atoms with Gasteiger partial charge in [-0.05, 0) is 22.6 Å². The van der Waals surface area contributed by atoms with Crippen molar-refractivity contribution in [1.82, 2.24) is 9.55 Å². The number of benzene rings is 1. The predicted molar refractivity (Wildman–Crippen MR) is 76.3 cm³/mol. The van der Waals surface area contributed by atoms with Gasteiger partial charge in [0.2, 0.25) is 0 Å². The lowest BCUT2D eigenvalue weighted by Gasteiger charge is -2.06. The molecule has 7 nitrogen and oxygen atoms in total. The first-order valence-corrected chi connectivity index (χ1v) is 6.49. The number of aryl methyl sites for hydroxylation is 1. The molecule has 0 spiro atoms. The summed E-state index contributed by atoms with van der Waals surface area (Å²) in [7, 11) is 1.61.